The Morgan fingerprint density at radius 2 is 1.59 bits per heavy atom. The third-order valence-corrected chi connectivity index (χ3v) is 7.98. The molecule has 8 nitrogen and oxygen atoms in total. The number of rotatable bonds is 4. The number of hydrogen-bond donors (Lipinski definition) is 0. The number of nitrogens with zero attached hydrogens (tertiary/aromatic N) is 4. The highest BCUT2D eigenvalue weighted by molar-refractivity contribution is 6.26. The molecule has 0 saturated carbocycles. The van der Waals surface area contributed by atoms with Gasteiger partial charge in [-0.2, -0.15) is 0 Å². The number of carbonyl (C=O) groups excluding carboxylic acids is 3. The first kappa shape index (κ1) is 27.4. The quantitative estimate of drug-likeness (QED) is 0.241. The van der Waals surface area contributed by atoms with Crippen molar-refractivity contribution in [3.8, 4) is 22.4 Å². The van der Waals surface area contributed by atoms with Crippen molar-refractivity contribution in [1.82, 2.24) is 14.9 Å². The lowest BCUT2D eigenvalue weighted by Gasteiger charge is -2.27. The van der Waals surface area contributed by atoms with Gasteiger partial charge in [-0.15, -0.1) is 0 Å². The summed E-state index contributed by atoms with van der Waals surface area (Å²) < 4.78 is 5.44. The van der Waals surface area contributed by atoms with Crippen LogP contribution in [0.4, 0.5) is 5.69 Å². The van der Waals surface area contributed by atoms with Gasteiger partial charge in [0.05, 0.1) is 41.5 Å². The monoisotopic (exact) mass is 580 g/mol. The number of aromatic nitrogens is 2. The molecule has 0 spiro atoms. The van der Waals surface area contributed by atoms with Crippen molar-refractivity contribution in [1.29, 1.82) is 0 Å². The standard InChI is InChI=1S/C36H28N4O4/c1-23(41)40-32-12-6-5-10-28(32)35(42)33(40)22-26-21-29(27-11-7-15-37-34(27)24-8-3-2-4-9-24)30-20-25(13-14-31(30)38-26)36(43)39-16-18-44-19-17-39/h2-15,20-22H,16-19H2,1H3/b33-22-. The zero-order valence-corrected chi connectivity index (χ0v) is 24.1. The van der Waals surface area contributed by atoms with Crippen molar-refractivity contribution in [2.75, 3.05) is 31.2 Å². The van der Waals surface area contributed by atoms with Gasteiger partial charge in [0.25, 0.3) is 5.91 Å². The second kappa shape index (κ2) is 11.3. The average Bonchev–Trinajstić information content (AvgIpc) is 3.35. The Bertz CT molecular complexity index is 1980. The molecule has 0 unspecified atom stereocenters. The summed E-state index contributed by atoms with van der Waals surface area (Å²) in [4.78, 5) is 52.6. The topological polar surface area (TPSA) is 92.7 Å². The number of carbonyl (C=O) groups is 3. The molecule has 2 aliphatic rings. The SMILES string of the molecule is CC(=O)N1/C(=C\c2cc(-c3cccnc3-c3ccccc3)c3cc(C(=O)N4CCOCC4)ccc3n2)C(=O)c2ccccc21. The largest absolute Gasteiger partial charge is 0.378 e. The van der Waals surface area contributed by atoms with Crippen LogP contribution in [0.25, 0.3) is 39.4 Å². The molecule has 1 saturated heterocycles. The average molecular weight is 581 g/mol. The Kier molecular flexibility index (Phi) is 7.04. The van der Waals surface area contributed by atoms with Crippen LogP contribution in [0.1, 0.15) is 33.3 Å². The van der Waals surface area contributed by atoms with Gasteiger partial charge in [0.1, 0.15) is 0 Å². The Hall–Kier alpha value is -5.47. The molecule has 0 atom stereocenters. The molecule has 4 heterocycles. The number of allylic oxidation sites excluding steroid dienone is 1. The summed E-state index contributed by atoms with van der Waals surface area (Å²) in [6, 6.07) is 28.3. The molecule has 0 bridgehead atoms. The molecule has 0 radical (unpaired) electrons. The molecular weight excluding hydrogens is 552 g/mol. The number of para-hydroxylation sites is 1. The number of anilines is 1. The van der Waals surface area contributed by atoms with E-state index in [9.17, 15) is 14.4 Å². The first-order chi connectivity index (χ1) is 21.5. The van der Waals surface area contributed by atoms with Gasteiger partial charge in [-0.05, 0) is 54.1 Å². The summed E-state index contributed by atoms with van der Waals surface area (Å²) in [6.45, 7) is 3.55. The predicted octanol–water partition coefficient (Wildman–Crippen LogP) is 6.03. The van der Waals surface area contributed by atoms with E-state index < -0.39 is 0 Å². The molecule has 1 fully saturated rings. The van der Waals surface area contributed by atoms with Crippen LogP contribution in [0.5, 0.6) is 0 Å². The van der Waals surface area contributed by atoms with Gasteiger partial charge in [-0.3, -0.25) is 24.3 Å². The molecule has 5 aromatic rings. The fraction of sp³-hybridized carbons (Fsp3) is 0.139. The third kappa shape index (κ3) is 4.85. The van der Waals surface area contributed by atoms with Gasteiger partial charge in [0.15, 0.2) is 0 Å². The minimum Gasteiger partial charge on any atom is -0.378 e. The van der Waals surface area contributed by atoms with Gasteiger partial charge in [0, 0.05) is 53.9 Å². The van der Waals surface area contributed by atoms with Crippen LogP contribution in [0.2, 0.25) is 0 Å². The second-order valence-corrected chi connectivity index (χ2v) is 10.7. The number of ketones is 1. The first-order valence-corrected chi connectivity index (χ1v) is 14.5. The summed E-state index contributed by atoms with van der Waals surface area (Å²) >= 11 is 0. The van der Waals surface area contributed by atoms with Crippen LogP contribution < -0.4 is 4.90 Å². The molecule has 2 aromatic heterocycles. The lowest BCUT2D eigenvalue weighted by molar-refractivity contribution is -0.116. The van der Waals surface area contributed by atoms with E-state index in [2.05, 4.69) is 0 Å². The van der Waals surface area contributed by atoms with Crippen LogP contribution >= 0.6 is 0 Å². The Labute approximate surface area is 254 Å². The van der Waals surface area contributed by atoms with Gasteiger partial charge < -0.3 is 9.64 Å². The minimum atomic E-state index is -0.263. The van der Waals surface area contributed by atoms with E-state index in [0.29, 0.717) is 54.3 Å². The highest BCUT2D eigenvalue weighted by Crippen LogP contribution is 2.38. The van der Waals surface area contributed by atoms with E-state index in [0.717, 1.165) is 27.8 Å². The zero-order valence-electron chi connectivity index (χ0n) is 24.1. The van der Waals surface area contributed by atoms with Crippen LogP contribution in [0, 0.1) is 0 Å². The molecule has 0 N–H and O–H groups in total. The Balaban J connectivity index is 1.43. The fourth-order valence-electron chi connectivity index (χ4n) is 5.91. The number of ether oxygens (including phenoxy) is 1. The molecule has 2 aliphatic heterocycles. The van der Waals surface area contributed by atoms with Gasteiger partial charge in [-0.25, -0.2) is 4.98 Å². The summed E-state index contributed by atoms with van der Waals surface area (Å²) in [5.41, 5.74) is 6.36. The van der Waals surface area contributed by atoms with E-state index in [1.165, 1.54) is 11.8 Å². The maximum absolute atomic E-state index is 13.5. The first-order valence-electron chi connectivity index (χ1n) is 14.5. The third-order valence-electron chi connectivity index (χ3n) is 7.98. The molecule has 0 aliphatic carbocycles. The van der Waals surface area contributed by atoms with Crippen LogP contribution in [-0.2, 0) is 9.53 Å². The highest BCUT2D eigenvalue weighted by atomic mass is 16.5. The zero-order chi connectivity index (χ0) is 30.2. The maximum Gasteiger partial charge on any atom is 0.254 e. The van der Waals surface area contributed by atoms with E-state index in [-0.39, 0.29) is 23.3 Å². The second-order valence-electron chi connectivity index (χ2n) is 10.7. The van der Waals surface area contributed by atoms with Crippen molar-refractivity contribution in [3.63, 3.8) is 0 Å². The minimum absolute atomic E-state index is 0.0618. The van der Waals surface area contributed by atoms with Crippen LogP contribution in [0.3, 0.4) is 0 Å². The number of amides is 2. The van der Waals surface area contributed by atoms with E-state index in [1.807, 2.05) is 60.7 Å². The molecular formula is C36H28N4O4. The van der Waals surface area contributed by atoms with Crippen molar-refractivity contribution in [2.45, 2.75) is 6.92 Å². The van der Waals surface area contributed by atoms with Crippen LogP contribution in [0.15, 0.2) is 103 Å². The summed E-state index contributed by atoms with van der Waals surface area (Å²) in [5, 5.41) is 0.779. The predicted molar refractivity (Wildman–Crippen MR) is 169 cm³/mol. The summed E-state index contributed by atoms with van der Waals surface area (Å²) in [6.07, 6.45) is 3.42. The lowest BCUT2D eigenvalue weighted by Crippen LogP contribution is -2.40. The molecule has 3 aromatic carbocycles. The van der Waals surface area contributed by atoms with Gasteiger partial charge in [-0.1, -0.05) is 48.5 Å². The number of fused-ring (bicyclic) bond motifs is 2. The molecule has 8 heteroatoms. The number of morpholine rings is 1. The van der Waals surface area contributed by atoms with Crippen LogP contribution in [-0.4, -0.2) is 58.8 Å². The van der Waals surface area contributed by atoms with Crippen molar-refractivity contribution in [2.24, 2.45) is 0 Å². The number of benzene rings is 3. The van der Waals surface area contributed by atoms with Gasteiger partial charge >= 0.3 is 0 Å². The normalized spacial score (nSPS) is 15.6. The summed E-state index contributed by atoms with van der Waals surface area (Å²) in [7, 11) is 0. The Morgan fingerprint density at radius 1 is 0.841 bits per heavy atom. The lowest BCUT2D eigenvalue weighted by atomic mass is 9.94. The number of hydrogen-bond acceptors (Lipinski definition) is 6. The Morgan fingerprint density at radius 3 is 2.39 bits per heavy atom. The smallest absolute Gasteiger partial charge is 0.254 e. The molecule has 216 valence electrons. The van der Waals surface area contributed by atoms with Gasteiger partial charge in [0.2, 0.25) is 11.7 Å². The van der Waals surface area contributed by atoms with Crippen molar-refractivity contribution >= 4 is 40.3 Å². The maximum atomic E-state index is 13.5. The fourth-order valence-corrected chi connectivity index (χ4v) is 5.91. The van der Waals surface area contributed by atoms with E-state index in [4.69, 9.17) is 14.7 Å². The molecule has 44 heavy (non-hydrogen) atoms. The highest BCUT2D eigenvalue weighted by Gasteiger charge is 2.34. The van der Waals surface area contributed by atoms with E-state index >= 15 is 0 Å². The van der Waals surface area contributed by atoms with E-state index in [1.54, 1.807) is 47.5 Å². The molecule has 2 amide bonds. The van der Waals surface area contributed by atoms with Crippen molar-refractivity contribution < 1.29 is 19.1 Å². The van der Waals surface area contributed by atoms with Crippen molar-refractivity contribution in [3.05, 3.63) is 120 Å². The number of pyridine rings is 2. The summed E-state index contributed by atoms with van der Waals surface area (Å²) in [5.74, 6) is -0.564. The number of Topliss-reactive ketones (excluding diaryl/α,β-unsaturated/α-hetero) is 1. The molecule has 7 rings (SSSR count).